The number of hydrogen-bond acceptors (Lipinski definition) is 6. The highest BCUT2D eigenvalue weighted by molar-refractivity contribution is 7.99. The van der Waals surface area contributed by atoms with Gasteiger partial charge in [-0.25, -0.2) is 0 Å². The van der Waals surface area contributed by atoms with E-state index in [-0.39, 0.29) is 0 Å². The van der Waals surface area contributed by atoms with Gasteiger partial charge in [0, 0.05) is 0 Å². The average molecular weight is 445 g/mol. The predicted octanol–water partition coefficient (Wildman–Crippen LogP) is 3.10. The fourth-order valence-corrected chi connectivity index (χ4v) is 5.28. The molecule has 168 valence electrons. The number of allylic oxidation sites excluding steroid dienone is 3. The van der Waals surface area contributed by atoms with Gasteiger partial charge in [-0.05, 0) is 60.6 Å². The van der Waals surface area contributed by atoms with Crippen LogP contribution in [-0.2, 0) is 15.9 Å². The molecule has 1 saturated heterocycles. The lowest BCUT2D eigenvalue weighted by Gasteiger charge is -2.42. The quantitative estimate of drug-likeness (QED) is 0.648. The Bertz CT molecular complexity index is 857. The van der Waals surface area contributed by atoms with Crippen LogP contribution in [0.4, 0.5) is 0 Å². The van der Waals surface area contributed by atoms with E-state index < -0.39 is 29.9 Å². The minimum Gasteiger partial charge on any atom is -0.387 e. The van der Waals surface area contributed by atoms with E-state index >= 15 is 0 Å². The summed E-state index contributed by atoms with van der Waals surface area (Å²) in [5, 5.41) is 31.0. The largest absolute Gasteiger partial charge is 0.387 e. The molecule has 4 rings (SSSR count). The first-order valence-corrected chi connectivity index (χ1v) is 12.2. The molecular formula is C25H32O5S. The molecule has 31 heavy (non-hydrogen) atoms. The maximum Gasteiger partial charge on any atom is 0.132 e. The van der Waals surface area contributed by atoms with Crippen molar-refractivity contribution in [2.24, 2.45) is 5.92 Å². The summed E-state index contributed by atoms with van der Waals surface area (Å²) in [7, 11) is 0. The zero-order valence-corrected chi connectivity index (χ0v) is 18.9. The molecule has 2 heterocycles. The van der Waals surface area contributed by atoms with E-state index in [4.69, 9.17) is 9.47 Å². The highest BCUT2D eigenvalue weighted by Gasteiger charge is 2.45. The van der Waals surface area contributed by atoms with Crippen molar-refractivity contribution in [2.75, 3.05) is 19.5 Å². The van der Waals surface area contributed by atoms with Gasteiger partial charge in [0.1, 0.15) is 29.9 Å². The molecule has 1 fully saturated rings. The van der Waals surface area contributed by atoms with Crippen molar-refractivity contribution in [1.82, 2.24) is 0 Å². The van der Waals surface area contributed by atoms with Crippen LogP contribution in [0.25, 0.3) is 5.57 Å². The molecular weight excluding hydrogens is 412 g/mol. The predicted molar refractivity (Wildman–Crippen MR) is 124 cm³/mol. The maximum atomic E-state index is 10.5. The normalized spacial score (nSPS) is 34.0. The van der Waals surface area contributed by atoms with Gasteiger partial charge >= 0.3 is 0 Å². The average Bonchev–Trinajstić information content (AvgIpc) is 2.80. The van der Waals surface area contributed by atoms with Gasteiger partial charge < -0.3 is 24.8 Å². The van der Waals surface area contributed by atoms with E-state index in [1.165, 1.54) is 34.0 Å². The van der Waals surface area contributed by atoms with E-state index in [9.17, 15) is 15.3 Å². The molecule has 5 nitrogen and oxygen atoms in total. The number of benzene rings is 1. The van der Waals surface area contributed by atoms with Crippen LogP contribution in [0.5, 0.6) is 0 Å². The van der Waals surface area contributed by atoms with E-state index in [1.807, 2.05) is 12.3 Å². The van der Waals surface area contributed by atoms with Crippen molar-refractivity contribution in [3.05, 3.63) is 64.8 Å². The van der Waals surface area contributed by atoms with Gasteiger partial charge in [0.15, 0.2) is 0 Å². The summed E-state index contributed by atoms with van der Waals surface area (Å²) >= 11 is 1.35. The van der Waals surface area contributed by atoms with Crippen LogP contribution in [0.15, 0.2) is 53.6 Å². The Labute approximate surface area is 188 Å². The Morgan fingerprint density at radius 3 is 2.48 bits per heavy atom. The second kappa shape index (κ2) is 10.0. The first-order chi connectivity index (χ1) is 15.0. The summed E-state index contributed by atoms with van der Waals surface area (Å²) in [5.41, 5.74) is 5.60. The summed E-state index contributed by atoms with van der Waals surface area (Å²) in [6.45, 7) is 3.62. The number of aliphatic hydroxyl groups is 3. The lowest BCUT2D eigenvalue weighted by Crippen LogP contribution is -2.57. The first-order valence-electron chi connectivity index (χ1n) is 10.9. The highest BCUT2D eigenvalue weighted by Crippen LogP contribution is 2.36. The van der Waals surface area contributed by atoms with E-state index in [2.05, 4.69) is 43.3 Å². The Kier molecular flexibility index (Phi) is 7.37. The van der Waals surface area contributed by atoms with Gasteiger partial charge in [-0.15, -0.1) is 11.8 Å². The van der Waals surface area contributed by atoms with Gasteiger partial charge in [0.05, 0.1) is 13.2 Å². The third-order valence-corrected chi connectivity index (χ3v) is 7.48. The van der Waals surface area contributed by atoms with Crippen molar-refractivity contribution in [2.45, 2.75) is 56.0 Å². The highest BCUT2D eigenvalue weighted by atomic mass is 32.2. The molecule has 0 saturated carbocycles. The summed E-state index contributed by atoms with van der Waals surface area (Å²) in [6, 6.07) is 8.79. The van der Waals surface area contributed by atoms with E-state index in [0.29, 0.717) is 12.5 Å². The van der Waals surface area contributed by atoms with Crippen LogP contribution in [0.3, 0.4) is 0 Å². The minimum absolute atomic E-state index is 0.306. The summed E-state index contributed by atoms with van der Waals surface area (Å²) in [6.07, 6.45) is 6.66. The monoisotopic (exact) mass is 444 g/mol. The number of hydrogen-bond donors (Lipinski definition) is 3. The number of thioether (sulfide) groups is 1. The van der Waals surface area contributed by atoms with Crippen molar-refractivity contribution in [3.63, 3.8) is 0 Å². The Hall–Kier alpha value is -1.41. The molecule has 0 radical (unpaired) electrons. The first kappa shape index (κ1) is 22.8. The molecule has 2 unspecified atom stereocenters. The van der Waals surface area contributed by atoms with Gasteiger partial charge in [-0.3, -0.25) is 0 Å². The second-order valence-corrected chi connectivity index (χ2v) is 9.58. The lowest BCUT2D eigenvalue weighted by atomic mass is 9.80. The molecule has 6 heteroatoms. The molecule has 0 spiro atoms. The third kappa shape index (κ3) is 5.00. The van der Waals surface area contributed by atoms with Crippen molar-refractivity contribution in [1.29, 1.82) is 0 Å². The van der Waals surface area contributed by atoms with Crippen LogP contribution in [-0.4, -0.2) is 64.6 Å². The zero-order chi connectivity index (χ0) is 22.0. The summed E-state index contributed by atoms with van der Waals surface area (Å²) in [5.74, 6) is 0.306. The minimum atomic E-state index is -1.21. The third-order valence-electron chi connectivity index (χ3n) is 6.62. The van der Waals surface area contributed by atoms with Gasteiger partial charge in [0.2, 0.25) is 0 Å². The van der Waals surface area contributed by atoms with Crippen LogP contribution >= 0.6 is 11.8 Å². The molecule has 0 bridgehead atoms. The molecule has 1 aliphatic carbocycles. The zero-order valence-electron chi connectivity index (χ0n) is 18.1. The number of rotatable bonds is 5. The second-order valence-electron chi connectivity index (χ2n) is 8.64. The van der Waals surface area contributed by atoms with Crippen LogP contribution < -0.4 is 0 Å². The maximum absolute atomic E-state index is 10.5. The summed E-state index contributed by atoms with van der Waals surface area (Å²) in [4.78, 5) is 0. The van der Waals surface area contributed by atoms with Gasteiger partial charge in [-0.2, -0.15) is 0 Å². The van der Waals surface area contributed by atoms with Crippen LogP contribution in [0, 0.1) is 5.92 Å². The molecule has 3 aliphatic rings. The molecule has 1 aromatic carbocycles. The standard InChI is InChI=1S/C25H32O5S/c1-15-3-6-19(24-22(27)21(26)23(28)25(30-24)31-2)14-20(15)13-16-4-7-17(8-5-16)18-9-11-29-12-10-18/h3-9,20-28H,10-14H2,1-2H3/t20?,21-,22-,23+,24?,25-/m1/s1. The Morgan fingerprint density at radius 1 is 1.03 bits per heavy atom. The van der Waals surface area contributed by atoms with Gasteiger partial charge in [-0.1, -0.05) is 48.1 Å². The fraction of sp³-hybridized carbons (Fsp3) is 0.520. The molecule has 0 aromatic heterocycles. The van der Waals surface area contributed by atoms with E-state index in [0.717, 1.165) is 31.4 Å². The fourth-order valence-electron chi connectivity index (χ4n) is 4.61. The number of ether oxygens (including phenoxy) is 2. The lowest BCUT2D eigenvalue weighted by molar-refractivity contribution is -0.187. The Balaban J connectivity index is 1.44. The molecule has 3 N–H and O–H groups in total. The molecule has 2 aliphatic heterocycles. The van der Waals surface area contributed by atoms with Crippen molar-refractivity contribution >= 4 is 17.3 Å². The topological polar surface area (TPSA) is 79.2 Å². The SMILES string of the molecule is CS[C@H]1OC(C2=CC=C(C)C(Cc3ccc(C4=CCOCC4)cc3)C2)[C@H](O)[C@@H](O)[C@@H]1O. The number of aliphatic hydroxyl groups excluding tert-OH is 3. The Morgan fingerprint density at radius 2 is 1.81 bits per heavy atom. The van der Waals surface area contributed by atoms with Gasteiger partial charge in [0.25, 0.3) is 0 Å². The molecule has 0 amide bonds. The van der Waals surface area contributed by atoms with Crippen LogP contribution in [0.1, 0.15) is 30.9 Å². The summed E-state index contributed by atoms with van der Waals surface area (Å²) < 4.78 is 11.4. The van der Waals surface area contributed by atoms with Crippen LogP contribution in [0.2, 0.25) is 0 Å². The molecule has 6 atom stereocenters. The smallest absolute Gasteiger partial charge is 0.132 e. The van der Waals surface area contributed by atoms with E-state index in [1.54, 1.807) is 0 Å². The van der Waals surface area contributed by atoms with Crippen molar-refractivity contribution in [3.8, 4) is 0 Å². The van der Waals surface area contributed by atoms with Crippen molar-refractivity contribution < 1.29 is 24.8 Å². The molecule has 1 aromatic rings.